The Labute approximate surface area is 133 Å². The lowest BCUT2D eigenvalue weighted by Gasteiger charge is -2.26. The maximum Gasteiger partial charge on any atom is 0.255 e. The summed E-state index contributed by atoms with van der Waals surface area (Å²) in [6.45, 7) is 2.62. The molecule has 4 rings (SSSR count). The molecule has 0 aliphatic carbocycles. The summed E-state index contributed by atoms with van der Waals surface area (Å²) >= 11 is 1.84. The molecule has 2 aromatic rings. The molecule has 0 unspecified atom stereocenters. The van der Waals surface area contributed by atoms with Crippen LogP contribution in [0.1, 0.15) is 16.1 Å². The fourth-order valence-electron chi connectivity index (χ4n) is 3.00. The summed E-state index contributed by atoms with van der Waals surface area (Å²) in [5.74, 6) is 1.92. The van der Waals surface area contributed by atoms with Gasteiger partial charge in [0.2, 0.25) is 0 Å². The predicted octanol–water partition coefficient (Wildman–Crippen LogP) is 2.23. The van der Waals surface area contributed by atoms with Crippen molar-refractivity contribution in [1.29, 1.82) is 0 Å². The minimum absolute atomic E-state index is 0.129. The van der Waals surface area contributed by atoms with Gasteiger partial charge in [0.25, 0.3) is 5.91 Å². The van der Waals surface area contributed by atoms with E-state index in [9.17, 15) is 4.79 Å². The molecule has 22 heavy (non-hydrogen) atoms. The van der Waals surface area contributed by atoms with Crippen molar-refractivity contribution in [3.8, 4) is 11.3 Å². The standard InChI is InChI=1S/C16H17N3O2S/c20-16(18-4-6-21-7-5-18)13-8-14(12-2-1-3-17-9-12)19-11-22-10-15(13)19/h1-3,8-9H,4-7,10-11H2. The number of hydrogen-bond acceptors (Lipinski definition) is 4. The molecule has 1 saturated heterocycles. The molecule has 114 valence electrons. The summed E-state index contributed by atoms with van der Waals surface area (Å²) in [7, 11) is 0. The predicted molar refractivity (Wildman–Crippen MR) is 85.7 cm³/mol. The van der Waals surface area contributed by atoms with Crippen molar-refractivity contribution < 1.29 is 9.53 Å². The Balaban J connectivity index is 1.73. The van der Waals surface area contributed by atoms with Crippen molar-refractivity contribution in [1.82, 2.24) is 14.5 Å². The van der Waals surface area contributed by atoms with Crippen LogP contribution in [0.5, 0.6) is 0 Å². The Kier molecular flexibility index (Phi) is 3.63. The smallest absolute Gasteiger partial charge is 0.255 e. The van der Waals surface area contributed by atoms with Gasteiger partial charge in [-0.25, -0.2) is 0 Å². The van der Waals surface area contributed by atoms with Crippen LogP contribution in [0.4, 0.5) is 0 Å². The molecule has 4 heterocycles. The SMILES string of the molecule is O=C(c1cc(-c2cccnc2)n2c1CSC2)N1CCOCC1. The maximum absolute atomic E-state index is 12.8. The number of rotatable bonds is 2. The first-order valence-corrected chi connectivity index (χ1v) is 8.57. The van der Waals surface area contributed by atoms with Gasteiger partial charge in [-0.05, 0) is 18.2 Å². The third kappa shape index (κ3) is 2.32. The highest BCUT2D eigenvalue weighted by molar-refractivity contribution is 7.97. The third-order valence-electron chi connectivity index (χ3n) is 4.15. The number of morpholine rings is 1. The van der Waals surface area contributed by atoms with E-state index in [1.807, 2.05) is 41.1 Å². The third-order valence-corrected chi connectivity index (χ3v) is 5.07. The van der Waals surface area contributed by atoms with Gasteiger partial charge in [0.05, 0.1) is 30.3 Å². The number of carbonyl (C=O) groups is 1. The van der Waals surface area contributed by atoms with Crippen LogP contribution in [0, 0.1) is 0 Å². The van der Waals surface area contributed by atoms with Gasteiger partial charge in [-0.2, -0.15) is 0 Å². The summed E-state index contributed by atoms with van der Waals surface area (Å²) in [5.41, 5.74) is 4.13. The zero-order valence-electron chi connectivity index (χ0n) is 12.2. The number of thioether (sulfide) groups is 1. The van der Waals surface area contributed by atoms with E-state index in [1.165, 1.54) is 0 Å². The fraction of sp³-hybridized carbons (Fsp3) is 0.375. The average Bonchev–Trinajstić information content (AvgIpc) is 3.18. The van der Waals surface area contributed by atoms with Gasteiger partial charge in [0.15, 0.2) is 0 Å². The van der Waals surface area contributed by atoms with E-state index in [0.29, 0.717) is 26.3 Å². The maximum atomic E-state index is 12.8. The molecule has 1 amide bonds. The van der Waals surface area contributed by atoms with Gasteiger partial charge >= 0.3 is 0 Å². The van der Waals surface area contributed by atoms with Crippen LogP contribution in [0.3, 0.4) is 0 Å². The molecule has 0 atom stereocenters. The highest BCUT2D eigenvalue weighted by atomic mass is 32.2. The van der Waals surface area contributed by atoms with E-state index in [4.69, 9.17) is 4.74 Å². The summed E-state index contributed by atoms with van der Waals surface area (Å²) in [5, 5.41) is 0. The molecule has 1 fully saturated rings. The Morgan fingerprint density at radius 1 is 1.32 bits per heavy atom. The lowest BCUT2D eigenvalue weighted by Crippen LogP contribution is -2.40. The van der Waals surface area contributed by atoms with Gasteiger partial charge in [0, 0.05) is 42.5 Å². The number of pyridine rings is 1. The van der Waals surface area contributed by atoms with E-state index in [2.05, 4.69) is 9.55 Å². The van der Waals surface area contributed by atoms with E-state index >= 15 is 0 Å². The van der Waals surface area contributed by atoms with E-state index in [0.717, 1.165) is 34.1 Å². The molecule has 0 bridgehead atoms. The van der Waals surface area contributed by atoms with E-state index in [1.54, 1.807) is 6.20 Å². The zero-order chi connectivity index (χ0) is 14.9. The monoisotopic (exact) mass is 315 g/mol. The highest BCUT2D eigenvalue weighted by Crippen LogP contribution is 2.35. The number of amides is 1. The van der Waals surface area contributed by atoms with E-state index in [-0.39, 0.29) is 5.91 Å². The molecule has 0 aromatic carbocycles. The van der Waals surface area contributed by atoms with Crippen molar-refractivity contribution in [3.63, 3.8) is 0 Å². The Bertz CT molecular complexity index is 693. The van der Waals surface area contributed by atoms with Gasteiger partial charge in [-0.3, -0.25) is 9.78 Å². The number of nitrogens with zero attached hydrogens (tertiary/aromatic N) is 3. The second-order valence-corrected chi connectivity index (χ2v) is 6.40. The second kappa shape index (κ2) is 5.78. The normalized spacial score (nSPS) is 17.5. The molecule has 5 nitrogen and oxygen atoms in total. The minimum atomic E-state index is 0.129. The van der Waals surface area contributed by atoms with Crippen LogP contribution in [-0.2, 0) is 16.4 Å². The Morgan fingerprint density at radius 3 is 2.95 bits per heavy atom. The number of hydrogen-bond donors (Lipinski definition) is 0. The molecule has 0 saturated carbocycles. The first-order chi connectivity index (χ1) is 10.8. The molecule has 0 spiro atoms. The van der Waals surface area contributed by atoms with Gasteiger partial charge < -0.3 is 14.2 Å². The number of ether oxygens (including phenoxy) is 1. The first-order valence-electron chi connectivity index (χ1n) is 7.42. The van der Waals surface area contributed by atoms with Crippen LogP contribution in [0.15, 0.2) is 30.6 Å². The van der Waals surface area contributed by atoms with Crippen LogP contribution < -0.4 is 0 Å². The van der Waals surface area contributed by atoms with Gasteiger partial charge in [0.1, 0.15) is 0 Å². The number of aromatic nitrogens is 2. The Hall–Kier alpha value is -1.79. The lowest BCUT2D eigenvalue weighted by atomic mass is 10.1. The molecule has 0 N–H and O–H groups in total. The van der Waals surface area contributed by atoms with Crippen LogP contribution in [0.25, 0.3) is 11.3 Å². The summed E-state index contributed by atoms with van der Waals surface area (Å²) < 4.78 is 7.59. The second-order valence-electron chi connectivity index (χ2n) is 5.44. The van der Waals surface area contributed by atoms with Crippen molar-refractivity contribution >= 4 is 17.7 Å². The highest BCUT2D eigenvalue weighted by Gasteiger charge is 2.28. The molecule has 2 aliphatic rings. The van der Waals surface area contributed by atoms with E-state index < -0.39 is 0 Å². The molecular formula is C16H17N3O2S. The fourth-order valence-corrected chi connectivity index (χ4v) is 4.07. The van der Waals surface area contributed by atoms with Crippen molar-refractivity contribution in [3.05, 3.63) is 41.9 Å². The van der Waals surface area contributed by atoms with Gasteiger partial charge in [-0.1, -0.05) is 0 Å². The van der Waals surface area contributed by atoms with Gasteiger partial charge in [-0.15, -0.1) is 11.8 Å². The molecule has 2 aliphatic heterocycles. The quantitative estimate of drug-likeness (QED) is 0.852. The van der Waals surface area contributed by atoms with Crippen molar-refractivity contribution in [2.75, 3.05) is 26.3 Å². The topological polar surface area (TPSA) is 47.4 Å². The summed E-state index contributed by atoms with van der Waals surface area (Å²) in [4.78, 5) is 18.9. The van der Waals surface area contributed by atoms with Crippen LogP contribution >= 0.6 is 11.8 Å². The number of fused-ring (bicyclic) bond motifs is 1. The molecular weight excluding hydrogens is 298 g/mol. The molecule has 0 radical (unpaired) electrons. The molecule has 2 aromatic heterocycles. The average molecular weight is 315 g/mol. The van der Waals surface area contributed by atoms with Crippen molar-refractivity contribution in [2.45, 2.75) is 11.6 Å². The summed E-state index contributed by atoms with van der Waals surface area (Å²) in [6.07, 6.45) is 3.63. The molecule has 6 heteroatoms. The minimum Gasteiger partial charge on any atom is -0.378 e. The number of carbonyl (C=O) groups excluding carboxylic acids is 1. The Morgan fingerprint density at radius 2 is 2.18 bits per heavy atom. The lowest BCUT2D eigenvalue weighted by molar-refractivity contribution is 0.0302. The largest absolute Gasteiger partial charge is 0.378 e. The van der Waals surface area contributed by atoms with Crippen LogP contribution in [-0.4, -0.2) is 46.7 Å². The van der Waals surface area contributed by atoms with Crippen LogP contribution in [0.2, 0.25) is 0 Å². The van der Waals surface area contributed by atoms with Crippen molar-refractivity contribution in [2.24, 2.45) is 0 Å². The summed E-state index contributed by atoms with van der Waals surface area (Å²) in [6, 6.07) is 6.01. The zero-order valence-corrected chi connectivity index (χ0v) is 13.0. The first kappa shape index (κ1) is 13.8.